The molecular formula is C19H16Cl2O5. The molecule has 0 bridgehead atoms. The number of hydrogen-bond acceptors (Lipinski definition) is 5. The van der Waals surface area contributed by atoms with Gasteiger partial charge in [-0.3, -0.25) is 4.79 Å². The largest absolute Gasteiger partial charge is 0.497 e. The van der Waals surface area contributed by atoms with E-state index in [4.69, 9.17) is 37.4 Å². The van der Waals surface area contributed by atoms with Gasteiger partial charge in [-0.1, -0.05) is 29.3 Å². The highest BCUT2D eigenvalue weighted by Gasteiger charge is 2.15. The van der Waals surface area contributed by atoms with Crippen LogP contribution in [0.3, 0.4) is 0 Å². The second kappa shape index (κ2) is 9.27. The third-order valence-electron chi connectivity index (χ3n) is 3.42. The van der Waals surface area contributed by atoms with Crippen molar-refractivity contribution in [3.05, 3.63) is 63.6 Å². The predicted octanol–water partition coefficient (Wildman–Crippen LogP) is 4.45. The molecule has 0 unspecified atom stereocenters. The topological polar surface area (TPSA) is 61.8 Å². The summed E-state index contributed by atoms with van der Waals surface area (Å²) >= 11 is 11.8. The zero-order valence-corrected chi connectivity index (χ0v) is 15.6. The standard InChI is InChI=1S/C19H16Cl2O5/c1-24-14-6-7-15(18(10-14)25-2)17(22)11-26-19(23)8-4-12-3-5-13(20)9-16(12)21/h3-10H,11H2,1-2H3/b8-4+. The van der Waals surface area contributed by atoms with Crippen LogP contribution in [-0.4, -0.2) is 32.6 Å². The molecule has 0 heterocycles. The van der Waals surface area contributed by atoms with Gasteiger partial charge in [-0.15, -0.1) is 0 Å². The SMILES string of the molecule is COc1ccc(C(=O)COC(=O)/C=C/c2ccc(Cl)cc2Cl)c(OC)c1. The Bertz CT molecular complexity index is 846. The van der Waals surface area contributed by atoms with Gasteiger partial charge in [0, 0.05) is 22.2 Å². The first-order valence-electron chi connectivity index (χ1n) is 7.49. The molecule has 0 N–H and O–H groups in total. The van der Waals surface area contributed by atoms with Gasteiger partial charge in [0.2, 0.25) is 5.78 Å². The van der Waals surface area contributed by atoms with Crippen LogP contribution in [0.4, 0.5) is 0 Å². The van der Waals surface area contributed by atoms with E-state index < -0.39 is 18.4 Å². The van der Waals surface area contributed by atoms with Crippen LogP contribution in [0.5, 0.6) is 11.5 Å². The Labute approximate surface area is 161 Å². The van der Waals surface area contributed by atoms with Crippen LogP contribution in [0.25, 0.3) is 6.08 Å². The maximum atomic E-state index is 12.2. The molecule has 136 valence electrons. The Balaban J connectivity index is 1.98. The lowest BCUT2D eigenvalue weighted by molar-refractivity contribution is -0.136. The maximum absolute atomic E-state index is 12.2. The number of Topliss-reactive ketones (excluding diaryl/α,β-unsaturated/α-hetero) is 1. The van der Waals surface area contributed by atoms with Crippen molar-refractivity contribution < 1.29 is 23.8 Å². The van der Waals surface area contributed by atoms with Gasteiger partial charge < -0.3 is 14.2 Å². The van der Waals surface area contributed by atoms with E-state index in [1.54, 1.807) is 36.4 Å². The van der Waals surface area contributed by atoms with Gasteiger partial charge in [0.05, 0.1) is 19.8 Å². The molecule has 0 spiro atoms. The molecule has 26 heavy (non-hydrogen) atoms. The van der Waals surface area contributed by atoms with Crippen molar-refractivity contribution in [3.8, 4) is 11.5 Å². The Kier molecular flexibility index (Phi) is 7.06. The fraction of sp³-hybridized carbons (Fsp3) is 0.158. The van der Waals surface area contributed by atoms with Gasteiger partial charge >= 0.3 is 5.97 Å². The molecule has 0 aliphatic heterocycles. The molecular weight excluding hydrogens is 379 g/mol. The van der Waals surface area contributed by atoms with Crippen LogP contribution in [0, 0.1) is 0 Å². The quantitative estimate of drug-likeness (QED) is 0.394. The lowest BCUT2D eigenvalue weighted by atomic mass is 10.1. The van der Waals surface area contributed by atoms with Gasteiger partial charge in [0.25, 0.3) is 0 Å². The average Bonchev–Trinajstić information content (AvgIpc) is 2.64. The number of hydrogen-bond donors (Lipinski definition) is 0. The maximum Gasteiger partial charge on any atom is 0.331 e. The molecule has 0 aliphatic rings. The molecule has 5 nitrogen and oxygen atoms in total. The van der Waals surface area contributed by atoms with Crippen molar-refractivity contribution in [2.75, 3.05) is 20.8 Å². The number of methoxy groups -OCH3 is 2. The smallest absolute Gasteiger partial charge is 0.331 e. The van der Waals surface area contributed by atoms with Crippen LogP contribution in [0.2, 0.25) is 10.0 Å². The number of ether oxygens (including phenoxy) is 3. The summed E-state index contributed by atoms with van der Waals surface area (Å²) in [5, 5.41) is 0.898. The van der Waals surface area contributed by atoms with Crippen LogP contribution in [-0.2, 0) is 9.53 Å². The van der Waals surface area contributed by atoms with Crippen molar-refractivity contribution in [1.82, 2.24) is 0 Å². The minimum atomic E-state index is -0.670. The van der Waals surface area contributed by atoms with E-state index in [9.17, 15) is 9.59 Å². The zero-order chi connectivity index (χ0) is 19.1. The fourth-order valence-electron chi connectivity index (χ4n) is 2.09. The average molecular weight is 395 g/mol. The van der Waals surface area contributed by atoms with Crippen LogP contribution in [0.15, 0.2) is 42.5 Å². The number of carbonyl (C=O) groups is 2. The van der Waals surface area contributed by atoms with E-state index in [0.717, 1.165) is 0 Å². The molecule has 0 aliphatic carbocycles. The predicted molar refractivity (Wildman–Crippen MR) is 100 cm³/mol. The molecule has 2 aromatic carbocycles. The Morgan fingerprint density at radius 2 is 1.81 bits per heavy atom. The Hall–Kier alpha value is -2.50. The van der Waals surface area contributed by atoms with Crippen molar-refractivity contribution in [3.63, 3.8) is 0 Å². The van der Waals surface area contributed by atoms with Crippen molar-refractivity contribution in [2.45, 2.75) is 0 Å². The van der Waals surface area contributed by atoms with Gasteiger partial charge in [-0.05, 0) is 35.9 Å². The highest BCUT2D eigenvalue weighted by atomic mass is 35.5. The molecule has 0 saturated heterocycles. The minimum absolute atomic E-state index is 0.297. The summed E-state index contributed by atoms with van der Waals surface area (Å²) < 4.78 is 15.2. The van der Waals surface area contributed by atoms with Gasteiger partial charge in [-0.2, -0.15) is 0 Å². The van der Waals surface area contributed by atoms with E-state index in [2.05, 4.69) is 0 Å². The molecule has 0 radical (unpaired) electrons. The van der Waals surface area contributed by atoms with Crippen molar-refractivity contribution >= 4 is 41.0 Å². The summed E-state index contributed by atoms with van der Waals surface area (Å²) in [5.41, 5.74) is 0.905. The lowest BCUT2D eigenvalue weighted by Crippen LogP contribution is -2.13. The normalized spacial score (nSPS) is 10.6. The summed E-state index contributed by atoms with van der Waals surface area (Å²) in [7, 11) is 2.95. The number of halogens is 2. The number of rotatable bonds is 7. The third-order valence-corrected chi connectivity index (χ3v) is 3.98. The molecule has 0 aromatic heterocycles. The van der Waals surface area contributed by atoms with Gasteiger partial charge in [0.15, 0.2) is 6.61 Å². The first-order chi connectivity index (χ1) is 12.4. The summed E-state index contributed by atoms with van der Waals surface area (Å²) in [5.74, 6) is -0.167. The summed E-state index contributed by atoms with van der Waals surface area (Å²) in [6.45, 7) is -0.416. The summed E-state index contributed by atoms with van der Waals surface area (Å²) in [6, 6.07) is 9.64. The second-order valence-electron chi connectivity index (χ2n) is 5.10. The zero-order valence-electron chi connectivity index (χ0n) is 14.1. The third kappa shape index (κ3) is 5.25. The highest BCUT2D eigenvalue weighted by Crippen LogP contribution is 2.25. The molecule has 0 atom stereocenters. The highest BCUT2D eigenvalue weighted by molar-refractivity contribution is 6.35. The fourth-order valence-corrected chi connectivity index (χ4v) is 2.56. The Morgan fingerprint density at radius 3 is 2.46 bits per heavy atom. The number of ketones is 1. The first-order valence-corrected chi connectivity index (χ1v) is 8.25. The van der Waals surface area contributed by atoms with Crippen molar-refractivity contribution in [2.24, 2.45) is 0 Å². The molecule has 0 saturated carbocycles. The summed E-state index contributed by atoms with van der Waals surface area (Å²) in [6.07, 6.45) is 2.67. The van der Waals surface area contributed by atoms with Crippen LogP contribution >= 0.6 is 23.2 Å². The van der Waals surface area contributed by atoms with E-state index >= 15 is 0 Å². The van der Waals surface area contributed by atoms with E-state index in [1.165, 1.54) is 26.4 Å². The number of esters is 1. The van der Waals surface area contributed by atoms with Crippen LogP contribution in [0.1, 0.15) is 15.9 Å². The first kappa shape index (κ1) is 19.8. The summed E-state index contributed by atoms with van der Waals surface area (Å²) in [4.78, 5) is 24.0. The van der Waals surface area contributed by atoms with Crippen LogP contribution < -0.4 is 9.47 Å². The molecule has 2 aromatic rings. The van der Waals surface area contributed by atoms with E-state index in [0.29, 0.717) is 32.7 Å². The van der Waals surface area contributed by atoms with Gasteiger partial charge in [0.1, 0.15) is 11.5 Å². The van der Waals surface area contributed by atoms with Gasteiger partial charge in [-0.25, -0.2) is 4.79 Å². The molecule has 7 heteroatoms. The Morgan fingerprint density at radius 1 is 1.04 bits per heavy atom. The lowest BCUT2D eigenvalue weighted by Gasteiger charge is -2.09. The minimum Gasteiger partial charge on any atom is -0.497 e. The van der Waals surface area contributed by atoms with E-state index in [-0.39, 0.29) is 0 Å². The molecule has 0 amide bonds. The molecule has 2 rings (SSSR count). The molecule has 0 fully saturated rings. The number of benzene rings is 2. The number of carbonyl (C=O) groups excluding carboxylic acids is 2. The second-order valence-corrected chi connectivity index (χ2v) is 5.94. The van der Waals surface area contributed by atoms with E-state index in [1.807, 2.05) is 0 Å². The monoisotopic (exact) mass is 394 g/mol. The van der Waals surface area contributed by atoms with Crippen molar-refractivity contribution in [1.29, 1.82) is 0 Å².